The van der Waals surface area contributed by atoms with E-state index in [-0.39, 0.29) is 24.9 Å². The third-order valence-corrected chi connectivity index (χ3v) is 7.93. The molecule has 39 heavy (non-hydrogen) atoms. The molecule has 2 fully saturated rings. The largest absolute Gasteiger partial charge is 0.491 e. The molecule has 1 aromatic carbocycles. The summed E-state index contributed by atoms with van der Waals surface area (Å²) in [7, 11) is 0. The van der Waals surface area contributed by atoms with Crippen LogP contribution >= 0.6 is 0 Å². The number of nitrogens with zero attached hydrogens (tertiary/aromatic N) is 1. The van der Waals surface area contributed by atoms with Crippen LogP contribution in [-0.4, -0.2) is 73.5 Å². The third-order valence-electron chi connectivity index (χ3n) is 7.93. The van der Waals surface area contributed by atoms with Crippen LogP contribution in [0.25, 0.3) is 0 Å². The maximum absolute atomic E-state index is 13.3. The number of aldehydes is 1. The van der Waals surface area contributed by atoms with Gasteiger partial charge in [0.05, 0.1) is 12.6 Å². The van der Waals surface area contributed by atoms with Gasteiger partial charge >= 0.3 is 6.09 Å². The predicted octanol–water partition coefficient (Wildman–Crippen LogP) is 2.69. The standard InChI is InChI=1S/C29H42N4O6/c34-20-23(10-11-27(35)33-16-17-38-26-9-5-4-8-22(26)19-33)31-28(36)25(18-21-6-2-1-3-7-21)32-29(37)39-24-12-14-30-15-13-24/h4-5,8-9,20-21,23-25,30H,1-3,6-7,10-19H2,(H,31,36)(H,32,37)/t23-,25-/m0/s1. The molecule has 3 amide bonds. The molecule has 2 heterocycles. The highest BCUT2D eigenvalue weighted by Crippen LogP contribution is 2.28. The highest BCUT2D eigenvalue weighted by atomic mass is 16.6. The van der Waals surface area contributed by atoms with Crippen molar-refractivity contribution < 1.29 is 28.7 Å². The van der Waals surface area contributed by atoms with E-state index in [0.29, 0.717) is 38.3 Å². The van der Waals surface area contributed by atoms with Gasteiger partial charge in [-0.05, 0) is 50.8 Å². The molecule has 1 saturated carbocycles. The maximum Gasteiger partial charge on any atom is 0.408 e. The lowest BCUT2D eigenvalue weighted by Crippen LogP contribution is -2.51. The molecule has 0 spiro atoms. The van der Waals surface area contributed by atoms with Gasteiger partial charge in [0.1, 0.15) is 30.8 Å². The van der Waals surface area contributed by atoms with E-state index in [1.54, 1.807) is 4.90 Å². The van der Waals surface area contributed by atoms with Gasteiger partial charge in [0.2, 0.25) is 11.8 Å². The van der Waals surface area contributed by atoms with Crippen LogP contribution < -0.4 is 20.7 Å². The zero-order valence-corrected chi connectivity index (χ0v) is 22.7. The number of hydrogen-bond acceptors (Lipinski definition) is 7. The van der Waals surface area contributed by atoms with E-state index in [1.165, 1.54) is 6.42 Å². The number of piperidine rings is 1. The molecular formula is C29H42N4O6. The van der Waals surface area contributed by atoms with Crippen LogP contribution in [0.5, 0.6) is 5.75 Å². The average molecular weight is 543 g/mol. The maximum atomic E-state index is 13.3. The van der Waals surface area contributed by atoms with Crippen LogP contribution in [0.1, 0.15) is 69.8 Å². The van der Waals surface area contributed by atoms with Crippen molar-refractivity contribution in [3.8, 4) is 5.75 Å². The van der Waals surface area contributed by atoms with E-state index in [1.807, 2.05) is 24.3 Å². The van der Waals surface area contributed by atoms with Crippen molar-refractivity contribution in [2.45, 2.75) is 88.9 Å². The van der Waals surface area contributed by atoms with E-state index < -0.39 is 24.1 Å². The summed E-state index contributed by atoms with van der Waals surface area (Å²) >= 11 is 0. The Morgan fingerprint density at radius 1 is 1.08 bits per heavy atom. The van der Waals surface area contributed by atoms with E-state index in [9.17, 15) is 19.2 Å². The number of para-hydroxylation sites is 1. The Morgan fingerprint density at radius 2 is 1.85 bits per heavy atom. The summed E-state index contributed by atoms with van der Waals surface area (Å²) in [5.74, 6) is 0.599. The van der Waals surface area contributed by atoms with Gasteiger partial charge in [-0.2, -0.15) is 0 Å². The number of carbonyl (C=O) groups excluding carboxylic acids is 4. The first-order valence-corrected chi connectivity index (χ1v) is 14.4. The Balaban J connectivity index is 1.30. The predicted molar refractivity (Wildman–Crippen MR) is 145 cm³/mol. The second-order valence-electron chi connectivity index (χ2n) is 10.9. The minimum absolute atomic E-state index is 0.0983. The Hall–Kier alpha value is -3.14. The highest BCUT2D eigenvalue weighted by molar-refractivity contribution is 5.87. The monoisotopic (exact) mass is 542 g/mol. The van der Waals surface area contributed by atoms with Crippen LogP contribution in [0.3, 0.4) is 0 Å². The first-order valence-electron chi connectivity index (χ1n) is 14.4. The first kappa shape index (κ1) is 28.9. The van der Waals surface area contributed by atoms with Gasteiger partial charge in [0, 0.05) is 18.5 Å². The second-order valence-corrected chi connectivity index (χ2v) is 10.9. The lowest BCUT2D eigenvalue weighted by atomic mass is 9.84. The number of rotatable bonds is 10. The van der Waals surface area contributed by atoms with Gasteiger partial charge in [-0.25, -0.2) is 4.79 Å². The average Bonchev–Trinajstić information content (AvgIpc) is 3.18. The Morgan fingerprint density at radius 3 is 2.62 bits per heavy atom. The number of benzene rings is 1. The first-order chi connectivity index (χ1) is 19.0. The number of alkyl carbamates (subject to hydrolysis) is 1. The second kappa shape index (κ2) is 14.9. The smallest absolute Gasteiger partial charge is 0.408 e. The molecule has 0 aromatic heterocycles. The van der Waals surface area contributed by atoms with E-state index >= 15 is 0 Å². The molecule has 1 aliphatic carbocycles. The van der Waals surface area contributed by atoms with Crippen LogP contribution in [0, 0.1) is 5.92 Å². The minimum atomic E-state index is -0.826. The summed E-state index contributed by atoms with van der Waals surface area (Å²) in [5, 5.41) is 8.78. The Bertz CT molecular complexity index is 976. The van der Waals surface area contributed by atoms with Gasteiger partial charge in [-0.1, -0.05) is 50.3 Å². The van der Waals surface area contributed by atoms with Gasteiger partial charge in [-0.3, -0.25) is 9.59 Å². The lowest BCUT2D eigenvalue weighted by molar-refractivity contribution is -0.132. The number of nitrogens with one attached hydrogen (secondary N) is 3. The van der Waals surface area contributed by atoms with Crippen molar-refractivity contribution >= 4 is 24.2 Å². The van der Waals surface area contributed by atoms with Crippen LogP contribution in [-0.2, 0) is 25.7 Å². The topological polar surface area (TPSA) is 126 Å². The quantitative estimate of drug-likeness (QED) is 0.388. The number of ether oxygens (including phenoxy) is 2. The highest BCUT2D eigenvalue weighted by Gasteiger charge is 2.29. The number of hydrogen-bond donors (Lipinski definition) is 3. The minimum Gasteiger partial charge on any atom is -0.491 e. The van der Waals surface area contributed by atoms with Gasteiger partial charge in [0.15, 0.2) is 0 Å². The van der Waals surface area contributed by atoms with Crippen LogP contribution in [0.4, 0.5) is 4.79 Å². The molecule has 10 heteroatoms. The van der Waals surface area contributed by atoms with E-state index in [0.717, 1.165) is 62.9 Å². The molecule has 10 nitrogen and oxygen atoms in total. The molecular weight excluding hydrogens is 500 g/mol. The summed E-state index contributed by atoms with van der Waals surface area (Å²) in [6, 6.07) is 6.02. The zero-order valence-electron chi connectivity index (χ0n) is 22.7. The molecule has 2 aliphatic heterocycles. The van der Waals surface area contributed by atoms with E-state index in [4.69, 9.17) is 9.47 Å². The molecule has 3 N–H and O–H groups in total. The molecule has 4 rings (SSSR count). The molecule has 0 unspecified atom stereocenters. The SMILES string of the molecule is O=C[C@H](CCC(=O)N1CCOc2ccccc2C1)NC(=O)[C@H](CC1CCCCC1)NC(=O)OC1CCNCC1. The Kier molecular flexibility index (Phi) is 11.0. The summed E-state index contributed by atoms with van der Waals surface area (Å²) in [4.78, 5) is 52.5. The molecule has 1 aromatic rings. The van der Waals surface area contributed by atoms with Crippen LogP contribution in [0.15, 0.2) is 24.3 Å². The normalized spacial score (nSPS) is 19.9. The molecule has 0 bridgehead atoms. The molecule has 2 atom stereocenters. The van der Waals surface area contributed by atoms with Gasteiger partial charge < -0.3 is 35.1 Å². The van der Waals surface area contributed by atoms with Crippen molar-refractivity contribution in [3.05, 3.63) is 29.8 Å². The lowest BCUT2D eigenvalue weighted by Gasteiger charge is -2.28. The van der Waals surface area contributed by atoms with Gasteiger partial charge in [0.25, 0.3) is 0 Å². The fourth-order valence-electron chi connectivity index (χ4n) is 5.66. The van der Waals surface area contributed by atoms with Gasteiger partial charge in [-0.15, -0.1) is 0 Å². The number of amides is 3. The molecule has 0 radical (unpaired) electrons. The fraction of sp³-hybridized carbons (Fsp3) is 0.655. The summed E-state index contributed by atoms with van der Waals surface area (Å²) in [6.07, 6.45) is 7.63. The summed E-state index contributed by atoms with van der Waals surface area (Å²) in [6.45, 7) is 2.89. The van der Waals surface area contributed by atoms with Crippen molar-refractivity contribution in [2.75, 3.05) is 26.2 Å². The zero-order chi connectivity index (χ0) is 27.5. The van der Waals surface area contributed by atoms with E-state index in [2.05, 4.69) is 16.0 Å². The summed E-state index contributed by atoms with van der Waals surface area (Å²) < 4.78 is 11.3. The molecule has 214 valence electrons. The fourth-order valence-corrected chi connectivity index (χ4v) is 5.66. The van der Waals surface area contributed by atoms with Crippen molar-refractivity contribution in [2.24, 2.45) is 5.92 Å². The summed E-state index contributed by atoms with van der Waals surface area (Å²) in [5.41, 5.74) is 0.941. The van der Waals surface area contributed by atoms with Crippen molar-refractivity contribution in [1.82, 2.24) is 20.9 Å². The Labute approximate surface area is 230 Å². The van der Waals surface area contributed by atoms with Crippen molar-refractivity contribution in [1.29, 1.82) is 0 Å². The number of carbonyl (C=O) groups is 4. The number of fused-ring (bicyclic) bond motifs is 1. The molecule has 3 aliphatic rings. The van der Waals surface area contributed by atoms with Crippen LogP contribution in [0.2, 0.25) is 0 Å². The van der Waals surface area contributed by atoms with Crippen molar-refractivity contribution in [3.63, 3.8) is 0 Å². The molecule has 1 saturated heterocycles. The third kappa shape index (κ3) is 8.95.